The molecule has 1 aromatic rings. The van der Waals surface area contributed by atoms with Crippen molar-refractivity contribution in [3.05, 3.63) is 29.8 Å². The summed E-state index contributed by atoms with van der Waals surface area (Å²) < 4.78 is 5.11. The fraction of sp³-hybridized carbons (Fsp3) is 0.562. The molecule has 0 saturated carbocycles. The molecule has 1 amide bonds. The van der Waals surface area contributed by atoms with Gasteiger partial charge in [-0.3, -0.25) is 4.79 Å². The molecule has 2 atom stereocenters. The fourth-order valence-electron chi connectivity index (χ4n) is 2.61. The molecule has 0 aromatic heterocycles. The summed E-state index contributed by atoms with van der Waals surface area (Å²) in [5.41, 5.74) is 1.02. The minimum absolute atomic E-state index is 0.0981. The van der Waals surface area contributed by atoms with Crippen LogP contribution in [0.1, 0.15) is 18.9 Å². The zero-order valence-electron chi connectivity index (χ0n) is 12.3. The summed E-state index contributed by atoms with van der Waals surface area (Å²) in [7, 11) is 1.64. The maximum absolute atomic E-state index is 12.0. The van der Waals surface area contributed by atoms with Crippen molar-refractivity contribution in [2.24, 2.45) is 11.8 Å². The average Bonchev–Trinajstić information content (AvgIpc) is 2.47. The van der Waals surface area contributed by atoms with Gasteiger partial charge >= 0.3 is 0 Å². The van der Waals surface area contributed by atoms with Crippen LogP contribution in [0, 0.1) is 11.8 Å². The predicted molar refractivity (Wildman–Crippen MR) is 79.8 cm³/mol. The number of benzene rings is 1. The number of hydrogen-bond acceptors (Lipinski definition) is 3. The van der Waals surface area contributed by atoms with Crippen molar-refractivity contribution in [3.8, 4) is 5.75 Å². The van der Waals surface area contributed by atoms with E-state index in [1.165, 1.54) is 0 Å². The second-order valence-electron chi connectivity index (χ2n) is 5.56. The molecule has 1 fully saturated rings. The van der Waals surface area contributed by atoms with Gasteiger partial charge in [-0.25, -0.2) is 0 Å². The highest BCUT2D eigenvalue weighted by atomic mass is 16.5. The molecule has 110 valence electrons. The first kappa shape index (κ1) is 14.9. The smallest absolute Gasteiger partial charge is 0.224 e. The third kappa shape index (κ3) is 4.23. The molecular weight excluding hydrogens is 252 g/mol. The van der Waals surface area contributed by atoms with E-state index in [1.807, 2.05) is 24.3 Å². The summed E-state index contributed by atoms with van der Waals surface area (Å²) in [5, 5.41) is 6.44. The lowest BCUT2D eigenvalue weighted by atomic mass is 9.88. The Morgan fingerprint density at radius 3 is 2.80 bits per heavy atom. The molecule has 0 aliphatic carbocycles. The molecule has 20 heavy (non-hydrogen) atoms. The van der Waals surface area contributed by atoms with Gasteiger partial charge in [0.1, 0.15) is 5.75 Å². The van der Waals surface area contributed by atoms with E-state index < -0.39 is 0 Å². The van der Waals surface area contributed by atoms with Gasteiger partial charge in [-0.1, -0.05) is 19.1 Å². The lowest BCUT2D eigenvalue weighted by Gasteiger charge is -2.29. The minimum atomic E-state index is 0.0981. The van der Waals surface area contributed by atoms with E-state index in [0.717, 1.165) is 37.4 Å². The first-order valence-electron chi connectivity index (χ1n) is 7.29. The van der Waals surface area contributed by atoms with Crippen molar-refractivity contribution in [2.75, 3.05) is 26.7 Å². The Morgan fingerprint density at radius 2 is 2.15 bits per heavy atom. The van der Waals surface area contributed by atoms with E-state index in [-0.39, 0.29) is 5.91 Å². The molecule has 2 N–H and O–H groups in total. The van der Waals surface area contributed by atoms with Gasteiger partial charge in [0.25, 0.3) is 0 Å². The standard InChI is InChI=1S/C16H24N2O2/c1-12-10-17-8-7-14(12)11-18-16(19)9-13-3-5-15(20-2)6-4-13/h3-6,12,14,17H,7-11H2,1-2H3,(H,18,19). The van der Waals surface area contributed by atoms with E-state index in [0.29, 0.717) is 18.3 Å². The quantitative estimate of drug-likeness (QED) is 0.859. The van der Waals surface area contributed by atoms with Crippen LogP contribution in [0.2, 0.25) is 0 Å². The molecule has 1 aromatic carbocycles. The Balaban J connectivity index is 1.76. The molecule has 0 radical (unpaired) electrons. The third-order valence-electron chi connectivity index (χ3n) is 4.05. The summed E-state index contributed by atoms with van der Waals surface area (Å²) in [6.45, 7) is 5.15. The molecule has 0 spiro atoms. The van der Waals surface area contributed by atoms with Crippen LogP contribution in [0.5, 0.6) is 5.75 Å². The highest BCUT2D eigenvalue weighted by molar-refractivity contribution is 5.78. The Bertz CT molecular complexity index is 431. The monoisotopic (exact) mass is 276 g/mol. The summed E-state index contributed by atoms with van der Waals surface area (Å²) in [4.78, 5) is 12.0. The van der Waals surface area contributed by atoms with Crippen molar-refractivity contribution in [1.29, 1.82) is 0 Å². The van der Waals surface area contributed by atoms with Crippen LogP contribution in [0.3, 0.4) is 0 Å². The topological polar surface area (TPSA) is 50.4 Å². The fourth-order valence-corrected chi connectivity index (χ4v) is 2.61. The molecule has 1 aliphatic rings. The average molecular weight is 276 g/mol. The number of carbonyl (C=O) groups is 1. The van der Waals surface area contributed by atoms with Gasteiger partial charge in [0.15, 0.2) is 0 Å². The molecule has 1 heterocycles. The molecule has 1 saturated heterocycles. The van der Waals surface area contributed by atoms with Gasteiger partial charge in [-0.05, 0) is 49.0 Å². The van der Waals surface area contributed by atoms with Gasteiger partial charge in [0.2, 0.25) is 5.91 Å². The first-order valence-corrected chi connectivity index (χ1v) is 7.29. The Morgan fingerprint density at radius 1 is 1.40 bits per heavy atom. The largest absolute Gasteiger partial charge is 0.497 e. The summed E-state index contributed by atoms with van der Waals surface area (Å²) in [6, 6.07) is 7.64. The Hall–Kier alpha value is -1.55. The normalized spacial score (nSPS) is 22.3. The van der Waals surface area contributed by atoms with Gasteiger partial charge in [-0.2, -0.15) is 0 Å². The summed E-state index contributed by atoms with van der Waals surface area (Å²) in [5.74, 6) is 2.14. The first-order chi connectivity index (χ1) is 9.69. The molecule has 1 aliphatic heterocycles. The van der Waals surface area contributed by atoms with E-state index >= 15 is 0 Å². The van der Waals surface area contributed by atoms with E-state index in [9.17, 15) is 4.79 Å². The van der Waals surface area contributed by atoms with Crippen molar-refractivity contribution in [2.45, 2.75) is 19.8 Å². The molecule has 4 heteroatoms. The van der Waals surface area contributed by atoms with E-state index in [1.54, 1.807) is 7.11 Å². The number of carbonyl (C=O) groups excluding carboxylic acids is 1. The third-order valence-corrected chi connectivity index (χ3v) is 4.05. The van der Waals surface area contributed by atoms with Crippen molar-refractivity contribution in [3.63, 3.8) is 0 Å². The predicted octanol–water partition coefficient (Wildman–Crippen LogP) is 1.60. The maximum atomic E-state index is 12.0. The second-order valence-corrected chi connectivity index (χ2v) is 5.56. The number of piperidine rings is 1. The van der Waals surface area contributed by atoms with E-state index in [4.69, 9.17) is 4.74 Å². The highest BCUT2D eigenvalue weighted by Gasteiger charge is 2.21. The molecule has 4 nitrogen and oxygen atoms in total. The number of hydrogen-bond donors (Lipinski definition) is 2. The van der Waals surface area contributed by atoms with Gasteiger partial charge in [-0.15, -0.1) is 0 Å². The summed E-state index contributed by atoms with van der Waals surface area (Å²) >= 11 is 0. The number of rotatable bonds is 5. The minimum Gasteiger partial charge on any atom is -0.497 e. The van der Waals surface area contributed by atoms with Gasteiger partial charge in [0, 0.05) is 6.54 Å². The second kappa shape index (κ2) is 7.29. The van der Waals surface area contributed by atoms with Crippen LogP contribution < -0.4 is 15.4 Å². The Labute approximate surface area is 120 Å². The van der Waals surface area contributed by atoms with E-state index in [2.05, 4.69) is 17.6 Å². The SMILES string of the molecule is COc1ccc(CC(=O)NCC2CCNCC2C)cc1. The van der Waals surface area contributed by atoms with Crippen LogP contribution in [0.25, 0.3) is 0 Å². The number of ether oxygens (including phenoxy) is 1. The van der Waals surface area contributed by atoms with Crippen LogP contribution in [0.4, 0.5) is 0 Å². The number of nitrogens with one attached hydrogen (secondary N) is 2. The van der Waals surface area contributed by atoms with Gasteiger partial charge < -0.3 is 15.4 Å². The van der Waals surface area contributed by atoms with Crippen molar-refractivity contribution >= 4 is 5.91 Å². The lowest BCUT2D eigenvalue weighted by molar-refractivity contribution is -0.120. The number of methoxy groups -OCH3 is 1. The lowest BCUT2D eigenvalue weighted by Crippen LogP contribution is -2.41. The zero-order valence-corrected chi connectivity index (χ0v) is 12.3. The molecular formula is C16H24N2O2. The maximum Gasteiger partial charge on any atom is 0.224 e. The van der Waals surface area contributed by atoms with Crippen molar-refractivity contribution in [1.82, 2.24) is 10.6 Å². The van der Waals surface area contributed by atoms with Crippen LogP contribution in [-0.4, -0.2) is 32.7 Å². The Kier molecular flexibility index (Phi) is 5.41. The number of amides is 1. The summed E-state index contributed by atoms with van der Waals surface area (Å²) in [6.07, 6.45) is 1.58. The highest BCUT2D eigenvalue weighted by Crippen LogP contribution is 2.17. The van der Waals surface area contributed by atoms with Crippen LogP contribution >= 0.6 is 0 Å². The van der Waals surface area contributed by atoms with Gasteiger partial charge in [0.05, 0.1) is 13.5 Å². The molecule has 0 bridgehead atoms. The molecule has 2 rings (SSSR count). The zero-order chi connectivity index (χ0) is 14.4. The molecule has 2 unspecified atom stereocenters. The van der Waals surface area contributed by atoms with Crippen LogP contribution in [-0.2, 0) is 11.2 Å². The van der Waals surface area contributed by atoms with Crippen molar-refractivity contribution < 1.29 is 9.53 Å². The van der Waals surface area contributed by atoms with Crippen LogP contribution in [0.15, 0.2) is 24.3 Å².